The maximum Gasteiger partial charge on any atom is 0.244 e. The lowest BCUT2D eigenvalue weighted by molar-refractivity contribution is -0.135. The van der Waals surface area contributed by atoms with Crippen LogP contribution in [0.15, 0.2) is 54.7 Å². The van der Waals surface area contributed by atoms with Crippen LogP contribution in [0.4, 0.5) is 0 Å². The van der Waals surface area contributed by atoms with E-state index >= 15 is 0 Å². The zero-order valence-electron chi connectivity index (χ0n) is 14.9. The number of likely N-dealkylation sites (tertiary alicyclic amines) is 1. The monoisotopic (exact) mass is 349 g/mol. The van der Waals surface area contributed by atoms with Crippen molar-refractivity contribution < 1.29 is 9.90 Å². The number of aliphatic hydroxyl groups excluding tert-OH is 1. The van der Waals surface area contributed by atoms with Crippen molar-refractivity contribution >= 4 is 16.7 Å². The fourth-order valence-corrected chi connectivity index (χ4v) is 3.78. The number of nitrogens with zero attached hydrogens (tertiary/aromatic N) is 3. The van der Waals surface area contributed by atoms with Crippen LogP contribution in [0.2, 0.25) is 0 Å². The van der Waals surface area contributed by atoms with Crippen LogP contribution in [0, 0.1) is 6.92 Å². The van der Waals surface area contributed by atoms with Crippen molar-refractivity contribution in [2.24, 2.45) is 0 Å². The van der Waals surface area contributed by atoms with E-state index in [0.717, 1.165) is 17.7 Å². The van der Waals surface area contributed by atoms with E-state index in [1.807, 2.05) is 31.3 Å². The Bertz CT molecular complexity index is 934. The highest BCUT2D eigenvalue weighted by Crippen LogP contribution is 2.30. The first-order chi connectivity index (χ1) is 12.6. The molecule has 134 valence electrons. The molecular weight excluding hydrogens is 326 g/mol. The second kappa shape index (κ2) is 6.92. The molecule has 0 saturated carbocycles. The standard InChI is InChI=1S/C21H23N3O2/c1-15-8-11-24(22-15)14-21(26)23-10-9-19(20(25)13-23)18-7-6-16-4-2-3-5-17(16)12-18/h2-8,11-12,19-20,25H,9-10,13-14H2,1H3/t19-,20+/m1/s1. The first-order valence-corrected chi connectivity index (χ1v) is 9.05. The number of aliphatic hydroxyl groups is 1. The van der Waals surface area contributed by atoms with Crippen molar-refractivity contribution in [3.05, 3.63) is 66.0 Å². The van der Waals surface area contributed by atoms with Crippen LogP contribution in [0.1, 0.15) is 23.6 Å². The minimum Gasteiger partial charge on any atom is -0.391 e. The molecule has 2 aromatic carbocycles. The summed E-state index contributed by atoms with van der Waals surface area (Å²) >= 11 is 0. The minimum absolute atomic E-state index is 0.00381. The van der Waals surface area contributed by atoms with Gasteiger partial charge in [-0.3, -0.25) is 9.48 Å². The molecule has 4 rings (SSSR count). The fraction of sp³-hybridized carbons (Fsp3) is 0.333. The molecule has 1 N–H and O–H groups in total. The first kappa shape index (κ1) is 16.8. The summed E-state index contributed by atoms with van der Waals surface area (Å²) in [7, 11) is 0. The number of hydrogen-bond donors (Lipinski definition) is 1. The number of fused-ring (bicyclic) bond motifs is 1. The summed E-state index contributed by atoms with van der Waals surface area (Å²) in [5.74, 6) is 0.0692. The molecule has 0 unspecified atom stereocenters. The topological polar surface area (TPSA) is 58.4 Å². The third-order valence-electron chi connectivity index (χ3n) is 5.21. The molecule has 1 fully saturated rings. The molecule has 1 aliphatic heterocycles. The number of aromatic nitrogens is 2. The van der Waals surface area contributed by atoms with Gasteiger partial charge in [-0.05, 0) is 35.7 Å². The van der Waals surface area contributed by atoms with Gasteiger partial charge in [0, 0.05) is 25.2 Å². The third-order valence-corrected chi connectivity index (χ3v) is 5.21. The summed E-state index contributed by atoms with van der Waals surface area (Å²) in [6, 6.07) is 16.5. The summed E-state index contributed by atoms with van der Waals surface area (Å²) in [4.78, 5) is 14.2. The quantitative estimate of drug-likeness (QED) is 0.791. The lowest BCUT2D eigenvalue weighted by atomic mass is 9.86. The maximum atomic E-state index is 12.5. The van der Waals surface area contributed by atoms with Crippen molar-refractivity contribution in [2.45, 2.75) is 31.9 Å². The molecule has 2 atom stereocenters. The zero-order chi connectivity index (χ0) is 18.1. The van der Waals surface area contributed by atoms with E-state index < -0.39 is 6.10 Å². The largest absolute Gasteiger partial charge is 0.391 e. The number of amides is 1. The van der Waals surface area contributed by atoms with Crippen molar-refractivity contribution in [1.29, 1.82) is 0 Å². The Hall–Kier alpha value is -2.66. The van der Waals surface area contributed by atoms with Gasteiger partial charge in [0.05, 0.1) is 11.8 Å². The SMILES string of the molecule is Cc1ccn(CC(=O)N2CC[C@H](c3ccc4ccccc4c3)[C@@H](O)C2)n1. The molecule has 3 aromatic rings. The summed E-state index contributed by atoms with van der Waals surface area (Å²) in [5, 5.41) is 17.3. The Balaban J connectivity index is 1.44. The molecule has 2 heterocycles. The van der Waals surface area contributed by atoms with Gasteiger partial charge in [-0.15, -0.1) is 0 Å². The van der Waals surface area contributed by atoms with E-state index in [2.05, 4.69) is 35.4 Å². The predicted molar refractivity (Wildman–Crippen MR) is 101 cm³/mol. The van der Waals surface area contributed by atoms with Crippen molar-refractivity contribution in [3.63, 3.8) is 0 Å². The van der Waals surface area contributed by atoms with Gasteiger partial charge in [0.25, 0.3) is 0 Å². The van der Waals surface area contributed by atoms with Crippen LogP contribution < -0.4 is 0 Å². The summed E-state index contributed by atoms with van der Waals surface area (Å²) in [5.41, 5.74) is 2.04. The number of rotatable bonds is 3. The van der Waals surface area contributed by atoms with E-state index in [9.17, 15) is 9.90 Å². The van der Waals surface area contributed by atoms with E-state index in [-0.39, 0.29) is 18.4 Å². The Kier molecular flexibility index (Phi) is 4.47. The number of benzene rings is 2. The van der Waals surface area contributed by atoms with Gasteiger partial charge in [-0.25, -0.2) is 0 Å². The van der Waals surface area contributed by atoms with Gasteiger partial charge in [0.1, 0.15) is 6.54 Å². The number of β-amino-alcohol motifs (C(OH)–C–C–N with tert-alkyl or cyclic N) is 1. The highest BCUT2D eigenvalue weighted by Gasteiger charge is 2.31. The lowest BCUT2D eigenvalue weighted by Crippen LogP contribution is -2.46. The van der Waals surface area contributed by atoms with Gasteiger partial charge >= 0.3 is 0 Å². The molecule has 0 spiro atoms. The lowest BCUT2D eigenvalue weighted by Gasteiger charge is -2.36. The summed E-state index contributed by atoms with van der Waals surface area (Å²) in [6.07, 6.45) is 2.03. The fourth-order valence-electron chi connectivity index (χ4n) is 3.78. The van der Waals surface area contributed by atoms with Crippen molar-refractivity contribution in [3.8, 4) is 0 Å². The third kappa shape index (κ3) is 3.35. The molecule has 0 radical (unpaired) electrons. The summed E-state index contributed by atoms with van der Waals surface area (Å²) < 4.78 is 1.65. The highest BCUT2D eigenvalue weighted by atomic mass is 16.3. The van der Waals surface area contributed by atoms with E-state index in [1.54, 1.807) is 9.58 Å². The Morgan fingerprint density at radius 2 is 2.00 bits per heavy atom. The second-order valence-corrected chi connectivity index (χ2v) is 7.06. The Morgan fingerprint density at radius 1 is 1.19 bits per heavy atom. The Morgan fingerprint density at radius 3 is 2.73 bits per heavy atom. The van der Waals surface area contributed by atoms with Gasteiger partial charge in [-0.2, -0.15) is 5.10 Å². The summed E-state index contributed by atoms with van der Waals surface area (Å²) in [6.45, 7) is 3.16. The normalized spacial score (nSPS) is 20.5. The number of carbonyl (C=O) groups excluding carboxylic acids is 1. The zero-order valence-corrected chi connectivity index (χ0v) is 14.9. The van der Waals surface area contributed by atoms with Crippen LogP contribution in [-0.2, 0) is 11.3 Å². The molecule has 1 amide bonds. The molecule has 26 heavy (non-hydrogen) atoms. The molecule has 0 aliphatic carbocycles. The molecule has 1 saturated heterocycles. The van der Waals surface area contributed by atoms with Crippen LogP contribution in [0.25, 0.3) is 10.8 Å². The molecule has 5 nitrogen and oxygen atoms in total. The predicted octanol–water partition coefficient (Wildman–Crippen LogP) is 2.72. The average Bonchev–Trinajstić information content (AvgIpc) is 3.06. The number of carbonyl (C=O) groups is 1. The Labute approximate surface area is 152 Å². The average molecular weight is 349 g/mol. The first-order valence-electron chi connectivity index (χ1n) is 9.05. The number of aryl methyl sites for hydroxylation is 1. The highest BCUT2D eigenvalue weighted by molar-refractivity contribution is 5.83. The molecule has 1 aromatic heterocycles. The van der Waals surface area contributed by atoms with Crippen LogP contribution >= 0.6 is 0 Å². The van der Waals surface area contributed by atoms with Gasteiger partial charge in [0.2, 0.25) is 5.91 Å². The maximum absolute atomic E-state index is 12.5. The van der Waals surface area contributed by atoms with E-state index in [0.29, 0.717) is 13.1 Å². The second-order valence-electron chi connectivity index (χ2n) is 7.06. The van der Waals surface area contributed by atoms with Gasteiger partial charge < -0.3 is 10.0 Å². The van der Waals surface area contributed by atoms with Crippen LogP contribution in [0.5, 0.6) is 0 Å². The molecule has 1 aliphatic rings. The number of hydrogen-bond acceptors (Lipinski definition) is 3. The van der Waals surface area contributed by atoms with E-state index in [4.69, 9.17) is 0 Å². The minimum atomic E-state index is -0.548. The van der Waals surface area contributed by atoms with Crippen LogP contribution in [0.3, 0.4) is 0 Å². The van der Waals surface area contributed by atoms with Crippen molar-refractivity contribution in [2.75, 3.05) is 13.1 Å². The van der Waals surface area contributed by atoms with Crippen molar-refractivity contribution in [1.82, 2.24) is 14.7 Å². The van der Waals surface area contributed by atoms with Gasteiger partial charge in [0.15, 0.2) is 0 Å². The molecule has 5 heteroatoms. The van der Waals surface area contributed by atoms with Crippen LogP contribution in [-0.4, -0.2) is 44.9 Å². The van der Waals surface area contributed by atoms with E-state index in [1.165, 1.54) is 10.8 Å². The molecular formula is C21H23N3O2. The van der Waals surface area contributed by atoms with Gasteiger partial charge in [-0.1, -0.05) is 42.5 Å². The molecule has 0 bridgehead atoms. The number of piperidine rings is 1. The smallest absolute Gasteiger partial charge is 0.244 e.